The van der Waals surface area contributed by atoms with Crippen molar-refractivity contribution < 1.29 is 12.9 Å². The quantitative estimate of drug-likeness (QED) is 0.604. The normalized spacial score (nSPS) is 34.8. The highest BCUT2D eigenvalue weighted by Gasteiger charge is 2.37. The fourth-order valence-electron chi connectivity index (χ4n) is 1.21. The molecule has 0 saturated heterocycles. The molecular formula is C6H12NO3S-. The molecule has 11 heavy (non-hydrogen) atoms. The second-order valence-electron chi connectivity index (χ2n) is 3.03. The van der Waals surface area contributed by atoms with Crippen LogP contribution in [0.1, 0.15) is 13.3 Å². The maximum atomic E-state index is 9.95. The van der Waals surface area contributed by atoms with Crippen molar-refractivity contribution in [3.63, 3.8) is 0 Å². The minimum Gasteiger partial charge on any atom is -0.750 e. The molecule has 0 radical (unpaired) electrons. The summed E-state index contributed by atoms with van der Waals surface area (Å²) in [5.41, 5.74) is 5.62. The summed E-state index contributed by atoms with van der Waals surface area (Å²) in [4.78, 5) is 0. The summed E-state index contributed by atoms with van der Waals surface area (Å²) in [5, 5.41) is 0. The van der Waals surface area contributed by atoms with E-state index in [2.05, 4.69) is 11.1 Å². The third-order valence-corrected chi connectivity index (χ3v) is 2.41. The van der Waals surface area contributed by atoms with Crippen LogP contribution in [-0.4, -0.2) is 21.4 Å². The van der Waals surface area contributed by atoms with Crippen LogP contribution in [0.4, 0.5) is 0 Å². The summed E-state index contributed by atoms with van der Waals surface area (Å²) in [5.74, 6) is 1.09. The smallest absolute Gasteiger partial charge is 0.0842 e. The van der Waals surface area contributed by atoms with Gasteiger partial charge in [-0.3, -0.25) is 4.18 Å². The van der Waals surface area contributed by atoms with Gasteiger partial charge in [0.2, 0.25) is 0 Å². The van der Waals surface area contributed by atoms with Gasteiger partial charge in [0.1, 0.15) is 0 Å². The van der Waals surface area contributed by atoms with Gasteiger partial charge in [0, 0.05) is 6.04 Å². The van der Waals surface area contributed by atoms with Crippen LogP contribution in [0.5, 0.6) is 0 Å². The second-order valence-corrected chi connectivity index (χ2v) is 3.67. The maximum absolute atomic E-state index is 9.95. The van der Waals surface area contributed by atoms with Crippen molar-refractivity contribution >= 4 is 11.4 Å². The van der Waals surface area contributed by atoms with E-state index in [0.29, 0.717) is 11.8 Å². The molecule has 0 spiro atoms. The summed E-state index contributed by atoms with van der Waals surface area (Å²) in [6, 6.07) is -0.122. The van der Waals surface area contributed by atoms with Crippen LogP contribution in [0.2, 0.25) is 0 Å². The molecular weight excluding hydrogens is 166 g/mol. The van der Waals surface area contributed by atoms with Crippen molar-refractivity contribution in [2.75, 3.05) is 6.61 Å². The van der Waals surface area contributed by atoms with Crippen molar-refractivity contribution in [1.82, 2.24) is 0 Å². The molecule has 1 fully saturated rings. The van der Waals surface area contributed by atoms with E-state index in [-0.39, 0.29) is 12.6 Å². The molecule has 0 bridgehead atoms. The molecule has 1 saturated carbocycles. The van der Waals surface area contributed by atoms with E-state index in [1.54, 1.807) is 0 Å². The predicted molar refractivity (Wildman–Crippen MR) is 40.1 cm³/mol. The number of hydrogen-bond donors (Lipinski definition) is 1. The first kappa shape index (κ1) is 9.12. The van der Waals surface area contributed by atoms with E-state index in [1.165, 1.54) is 0 Å². The highest BCUT2D eigenvalue weighted by Crippen LogP contribution is 2.39. The minimum atomic E-state index is -2.42. The summed E-state index contributed by atoms with van der Waals surface area (Å²) < 4.78 is 24.2. The van der Waals surface area contributed by atoms with E-state index in [0.717, 1.165) is 6.42 Å². The van der Waals surface area contributed by atoms with Crippen molar-refractivity contribution in [1.29, 1.82) is 0 Å². The molecule has 4 nitrogen and oxygen atoms in total. The van der Waals surface area contributed by atoms with E-state index in [4.69, 9.17) is 5.73 Å². The van der Waals surface area contributed by atoms with Crippen LogP contribution in [0, 0.1) is 11.8 Å². The van der Waals surface area contributed by atoms with E-state index in [1.807, 2.05) is 0 Å². The average molecular weight is 178 g/mol. The Morgan fingerprint density at radius 3 is 2.82 bits per heavy atom. The molecule has 1 aliphatic carbocycles. The molecule has 0 aromatic carbocycles. The first-order chi connectivity index (χ1) is 5.11. The summed E-state index contributed by atoms with van der Waals surface area (Å²) in [6.07, 6.45) is 1.09. The highest BCUT2D eigenvalue weighted by molar-refractivity contribution is 7.74. The summed E-state index contributed by atoms with van der Waals surface area (Å²) in [6.45, 7) is 2.21. The molecule has 3 unspecified atom stereocenters. The lowest BCUT2D eigenvalue weighted by Gasteiger charge is -2.11. The van der Waals surface area contributed by atoms with Crippen LogP contribution in [-0.2, 0) is 15.5 Å². The van der Waals surface area contributed by atoms with Gasteiger partial charge >= 0.3 is 0 Å². The monoisotopic (exact) mass is 178 g/mol. The Hall–Kier alpha value is 0.0300. The first-order valence-electron chi connectivity index (χ1n) is 3.59. The Morgan fingerprint density at radius 2 is 2.45 bits per heavy atom. The van der Waals surface area contributed by atoms with Gasteiger partial charge in [0.05, 0.1) is 18.0 Å². The number of hydrogen-bond acceptors (Lipinski definition) is 4. The Balaban J connectivity index is 2.11. The van der Waals surface area contributed by atoms with Gasteiger partial charge in [-0.05, 0) is 18.3 Å². The lowest BCUT2D eigenvalue weighted by molar-refractivity contribution is 0.264. The van der Waals surface area contributed by atoms with E-state index < -0.39 is 11.4 Å². The lowest BCUT2D eigenvalue weighted by Crippen LogP contribution is -2.29. The highest BCUT2D eigenvalue weighted by atomic mass is 32.2. The van der Waals surface area contributed by atoms with Gasteiger partial charge < -0.3 is 10.3 Å². The van der Waals surface area contributed by atoms with Gasteiger partial charge in [0.25, 0.3) is 0 Å². The molecule has 1 aliphatic rings. The molecule has 0 amide bonds. The molecule has 66 valence electrons. The van der Waals surface area contributed by atoms with Gasteiger partial charge in [-0.1, -0.05) is 6.92 Å². The van der Waals surface area contributed by atoms with Crippen molar-refractivity contribution in [2.45, 2.75) is 19.4 Å². The van der Waals surface area contributed by atoms with Crippen molar-refractivity contribution in [3.05, 3.63) is 0 Å². The average Bonchev–Trinajstić information content (AvgIpc) is 2.61. The third-order valence-electron chi connectivity index (χ3n) is 2.08. The van der Waals surface area contributed by atoms with Crippen molar-refractivity contribution in [2.24, 2.45) is 17.6 Å². The number of nitrogens with two attached hydrogens (primary N) is 1. The van der Waals surface area contributed by atoms with Gasteiger partial charge in [-0.25, -0.2) is 4.21 Å². The maximum Gasteiger partial charge on any atom is 0.0842 e. The first-order valence-corrected chi connectivity index (χ1v) is 4.59. The zero-order valence-electron chi connectivity index (χ0n) is 6.36. The fourth-order valence-corrected chi connectivity index (χ4v) is 1.47. The summed E-state index contributed by atoms with van der Waals surface area (Å²) >= 11 is -2.42. The van der Waals surface area contributed by atoms with Crippen molar-refractivity contribution in [3.8, 4) is 0 Å². The largest absolute Gasteiger partial charge is 0.750 e. The molecule has 4 atom stereocenters. The van der Waals surface area contributed by atoms with E-state index in [9.17, 15) is 8.76 Å². The molecule has 0 heterocycles. The van der Waals surface area contributed by atoms with Gasteiger partial charge in [-0.2, -0.15) is 0 Å². The number of rotatable bonds is 4. The molecule has 1 rings (SSSR count). The fraction of sp³-hybridized carbons (Fsp3) is 1.00. The Morgan fingerprint density at radius 1 is 1.91 bits per heavy atom. The van der Waals surface area contributed by atoms with Crippen LogP contribution in [0.3, 0.4) is 0 Å². The zero-order chi connectivity index (χ0) is 8.43. The topological polar surface area (TPSA) is 75.4 Å². The molecule has 0 aromatic heterocycles. The molecule has 0 aromatic rings. The molecule has 2 N–H and O–H groups in total. The Labute approximate surface area is 68.6 Å². The van der Waals surface area contributed by atoms with Crippen LogP contribution >= 0.6 is 0 Å². The minimum absolute atomic E-state index is 0.116. The lowest BCUT2D eigenvalue weighted by atomic mass is 10.2. The molecule has 0 aliphatic heterocycles. The molecule has 5 heteroatoms. The van der Waals surface area contributed by atoms with Gasteiger partial charge in [0.15, 0.2) is 0 Å². The van der Waals surface area contributed by atoms with Gasteiger partial charge in [-0.15, -0.1) is 0 Å². The second kappa shape index (κ2) is 3.62. The third kappa shape index (κ3) is 2.86. The predicted octanol–water partition coefficient (Wildman–Crippen LogP) is -0.220. The Kier molecular flexibility index (Phi) is 3.00. The summed E-state index contributed by atoms with van der Waals surface area (Å²) in [7, 11) is 0. The zero-order valence-corrected chi connectivity index (χ0v) is 7.17. The van der Waals surface area contributed by atoms with Crippen LogP contribution in [0.25, 0.3) is 0 Å². The van der Waals surface area contributed by atoms with Crippen LogP contribution in [0.15, 0.2) is 0 Å². The van der Waals surface area contributed by atoms with Crippen LogP contribution < -0.4 is 5.73 Å². The SMILES string of the molecule is CC1CC1[C@H](N)COS(=O)[O-]. The van der Waals surface area contributed by atoms with E-state index >= 15 is 0 Å². The Bertz CT molecular complexity index is 164. The standard InChI is InChI=1S/C6H13NO3S/c1-4-2-5(4)6(7)3-10-11(8)9/h4-6H,2-3,7H2,1H3,(H,8,9)/p-1/t4?,5?,6-/m1/s1.